The average Bonchev–Trinajstić information content (AvgIpc) is 2.38. The number of unbranched alkanes of at least 4 members (excludes halogenated alkanes) is 9. The summed E-state index contributed by atoms with van der Waals surface area (Å²) >= 11 is 4.26. The van der Waals surface area contributed by atoms with E-state index >= 15 is 0 Å². The van der Waals surface area contributed by atoms with Gasteiger partial charge < -0.3 is 14.3 Å². The van der Waals surface area contributed by atoms with Gasteiger partial charge in [-0.15, -0.1) is 0 Å². The van der Waals surface area contributed by atoms with Crippen LogP contribution in [0.5, 0.6) is 0 Å². The van der Waals surface area contributed by atoms with Crippen molar-refractivity contribution in [3.63, 3.8) is 0 Å². The van der Waals surface area contributed by atoms with Crippen molar-refractivity contribution in [3.05, 3.63) is 12.2 Å². The highest BCUT2D eigenvalue weighted by atomic mass is 32.5. The molecule has 1 atom stereocenters. The van der Waals surface area contributed by atoms with Crippen LogP contribution in [0, 0.1) is 0 Å². The van der Waals surface area contributed by atoms with Crippen molar-refractivity contribution >= 4 is 18.5 Å². The number of allylic oxidation sites excluding steroid dienone is 2. The highest BCUT2D eigenvalue weighted by molar-refractivity contribution is 8.06. The Morgan fingerprint density at radius 3 is 2.00 bits per heavy atom. The molecule has 0 heterocycles. The van der Waals surface area contributed by atoms with E-state index in [1.807, 2.05) is 0 Å². The van der Waals surface area contributed by atoms with Crippen LogP contribution < -0.4 is 4.89 Å². The second kappa shape index (κ2) is 14.2. The Hall–Kier alpha value is 0.270. The largest absolute Gasteiger partial charge is 0.780 e. The van der Waals surface area contributed by atoms with E-state index < -0.39 is 6.72 Å². The van der Waals surface area contributed by atoms with E-state index in [0.717, 1.165) is 12.8 Å². The molecular weight excluding hydrogens is 291 g/mol. The Bertz CT molecular complexity index is 276. The molecule has 0 spiro atoms. The van der Waals surface area contributed by atoms with Crippen molar-refractivity contribution in [1.82, 2.24) is 0 Å². The van der Waals surface area contributed by atoms with E-state index in [-0.39, 0.29) is 0 Å². The molecule has 0 radical (unpaired) electrons. The summed E-state index contributed by atoms with van der Waals surface area (Å²) in [6.45, 7) is -1.15. The van der Waals surface area contributed by atoms with E-state index in [9.17, 15) is 4.89 Å². The first-order valence-electron chi connectivity index (χ1n) is 7.89. The molecule has 1 N–H and O–H groups in total. The van der Waals surface area contributed by atoms with Crippen molar-refractivity contribution in [2.24, 2.45) is 0 Å². The lowest BCUT2D eigenvalue weighted by Crippen LogP contribution is -2.03. The van der Waals surface area contributed by atoms with Crippen LogP contribution in [0.1, 0.15) is 77.6 Å². The summed E-state index contributed by atoms with van der Waals surface area (Å²) in [5.41, 5.74) is 0. The van der Waals surface area contributed by atoms with Crippen LogP contribution in [0.4, 0.5) is 0 Å². The van der Waals surface area contributed by atoms with Gasteiger partial charge in [-0.3, -0.25) is 0 Å². The van der Waals surface area contributed by atoms with Gasteiger partial charge in [0.1, 0.15) is 6.72 Å². The minimum atomic E-state index is -3.67. The van der Waals surface area contributed by atoms with E-state index in [2.05, 4.69) is 35.4 Å². The Kier molecular flexibility index (Phi) is 14.4. The maximum atomic E-state index is 10.7. The summed E-state index contributed by atoms with van der Waals surface area (Å²) in [6, 6.07) is 0. The Morgan fingerprint density at radius 2 is 1.45 bits per heavy atom. The summed E-state index contributed by atoms with van der Waals surface area (Å²) in [6.07, 6.45) is 17.8. The van der Waals surface area contributed by atoms with Gasteiger partial charge in [-0.1, -0.05) is 75.8 Å². The summed E-state index contributed by atoms with van der Waals surface area (Å²) in [7, 11) is 0. The molecule has 0 aromatic rings. The van der Waals surface area contributed by atoms with Gasteiger partial charge >= 0.3 is 0 Å². The molecule has 120 valence electrons. The van der Waals surface area contributed by atoms with E-state index in [1.54, 1.807) is 0 Å². The van der Waals surface area contributed by atoms with Crippen LogP contribution in [-0.4, -0.2) is 11.5 Å². The zero-order valence-electron chi connectivity index (χ0n) is 12.8. The SMILES string of the molecule is CCCC/C=C\CCCCCCCCCOP([O-])(O)=S. The monoisotopic (exact) mass is 321 g/mol. The molecule has 0 aromatic heterocycles. The molecule has 0 saturated heterocycles. The maximum absolute atomic E-state index is 10.7. The van der Waals surface area contributed by atoms with Gasteiger partial charge in [0, 0.05) is 0 Å². The Morgan fingerprint density at radius 1 is 0.950 bits per heavy atom. The summed E-state index contributed by atoms with van der Waals surface area (Å²) < 4.78 is 4.65. The van der Waals surface area contributed by atoms with Crippen LogP contribution in [0.2, 0.25) is 0 Å². The van der Waals surface area contributed by atoms with Crippen LogP contribution in [-0.2, 0) is 16.3 Å². The number of hydrogen-bond acceptors (Lipinski definition) is 3. The molecule has 5 heteroatoms. The zero-order valence-corrected chi connectivity index (χ0v) is 14.5. The molecule has 0 aliphatic rings. The average molecular weight is 321 g/mol. The third-order valence-electron chi connectivity index (χ3n) is 3.16. The minimum Gasteiger partial charge on any atom is -0.780 e. The maximum Gasteiger partial charge on any atom is 0.112 e. The first-order valence-corrected chi connectivity index (χ1v) is 10.5. The van der Waals surface area contributed by atoms with Gasteiger partial charge in [0.2, 0.25) is 0 Å². The molecule has 0 bridgehead atoms. The molecule has 0 amide bonds. The van der Waals surface area contributed by atoms with Crippen molar-refractivity contribution < 1.29 is 14.3 Å². The fourth-order valence-corrected chi connectivity index (χ4v) is 2.57. The van der Waals surface area contributed by atoms with Crippen LogP contribution >= 0.6 is 6.72 Å². The molecule has 3 nitrogen and oxygen atoms in total. The van der Waals surface area contributed by atoms with Crippen molar-refractivity contribution in [2.45, 2.75) is 77.6 Å². The quantitative estimate of drug-likeness (QED) is 0.292. The van der Waals surface area contributed by atoms with Crippen molar-refractivity contribution in [3.8, 4) is 0 Å². The first kappa shape index (κ1) is 20.3. The molecule has 0 fully saturated rings. The smallest absolute Gasteiger partial charge is 0.112 e. The fourth-order valence-electron chi connectivity index (χ4n) is 1.99. The lowest BCUT2D eigenvalue weighted by molar-refractivity contribution is -0.201. The van der Waals surface area contributed by atoms with E-state index in [1.165, 1.54) is 57.8 Å². The summed E-state index contributed by atoms with van der Waals surface area (Å²) in [5, 5.41) is 0. The van der Waals surface area contributed by atoms with Gasteiger partial charge in [0.05, 0.1) is 6.61 Å². The second-order valence-electron chi connectivity index (χ2n) is 5.18. The summed E-state index contributed by atoms with van der Waals surface area (Å²) in [4.78, 5) is 19.4. The van der Waals surface area contributed by atoms with Gasteiger partial charge in [0.25, 0.3) is 0 Å². The lowest BCUT2D eigenvalue weighted by Gasteiger charge is -2.19. The van der Waals surface area contributed by atoms with Crippen LogP contribution in [0.3, 0.4) is 0 Å². The third-order valence-corrected chi connectivity index (χ3v) is 3.99. The Balaban J connectivity index is 3.10. The number of rotatable bonds is 14. The molecule has 0 aliphatic heterocycles. The molecule has 0 aliphatic carbocycles. The highest BCUT2D eigenvalue weighted by Crippen LogP contribution is 2.30. The Labute approximate surface area is 129 Å². The predicted octanol–water partition coefficient (Wildman–Crippen LogP) is 4.45. The highest BCUT2D eigenvalue weighted by Gasteiger charge is 1.96. The topological polar surface area (TPSA) is 52.5 Å². The molecule has 0 aromatic carbocycles. The summed E-state index contributed by atoms with van der Waals surface area (Å²) in [5.74, 6) is 0. The van der Waals surface area contributed by atoms with Gasteiger partial charge in [0.15, 0.2) is 0 Å². The second-order valence-corrected chi connectivity index (χ2v) is 7.76. The van der Waals surface area contributed by atoms with E-state index in [4.69, 9.17) is 4.89 Å². The zero-order chi connectivity index (χ0) is 15.1. The lowest BCUT2D eigenvalue weighted by atomic mass is 10.1. The predicted molar refractivity (Wildman–Crippen MR) is 88.1 cm³/mol. The van der Waals surface area contributed by atoms with E-state index in [0.29, 0.717) is 6.61 Å². The fraction of sp³-hybridized carbons (Fsp3) is 0.867. The molecule has 1 unspecified atom stereocenters. The van der Waals surface area contributed by atoms with Crippen LogP contribution in [0.15, 0.2) is 12.2 Å². The third kappa shape index (κ3) is 18.3. The normalized spacial score (nSPS) is 14.8. The molecule has 0 saturated carbocycles. The molecule has 20 heavy (non-hydrogen) atoms. The molecule has 0 rings (SSSR count). The van der Waals surface area contributed by atoms with Gasteiger partial charge in [-0.25, -0.2) is 0 Å². The van der Waals surface area contributed by atoms with Gasteiger partial charge in [-0.2, -0.15) is 0 Å². The first-order chi connectivity index (χ1) is 9.56. The number of hydrogen-bond donors (Lipinski definition) is 1. The standard InChI is InChI=1S/C15H31O3PS/c1-2-3-4-5-6-7-8-9-10-11-12-13-14-15-18-19(16,17)20/h5-6H,2-4,7-15H2,1H3,(H2,16,17,20)/p-1/b6-5-. The van der Waals surface area contributed by atoms with Gasteiger partial charge in [-0.05, 0) is 25.7 Å². The van der Waals surface area contributed by atoms with Crippen molar-refractivity contribution in [2.75, 3.05) is 6.61 Å². The minimum absolute atomic E-state index is 0.305. The van der Waals surface area contributed by atoms with Crippen molar-refractivity contribution in [1.29, 1.82) is 0 Å². The molecular formula is C15H30O3PS-. The van der Waals surface area contributed by atoms with Crippen LogP contribution in [0.25, 0.3) is 0 Å².